The number of hydrogen-bond donors (Lipinski definition) is 0. The van der Waals surface area contributed by atoms with Crippen LogP contribution in [-0.2, 0) is 20.1 Å². The number of fused-ring (bicyclic) bond motifs is 2. The van der Waals surface area contributed by atoms with Crippen molar-refractivity contribution >= 4 is 16.8 Å². The second-order valence-electron chi connectivity index (χ2n) is 8.53. The van der Waals surface area contributed by atoms with Gasteiger partial charge in [-0.3, -0.25) is 9.69 Å². The van der Waals surface area contributed by atoms with Crippen LogP contribution in [0, 0.1) is 0 Å². The lowest BCUT2D eigenvalue weighted by Gasteiger charge is -2.20. The molecular weight excluding hydrogens is 390 g/mol. The molecule has 6 heteroatoms. The van der Waals surface area contributed by atoms with Crippen molar-refractivity contribution in [2.45, 2.75) is 25.9 Å². The highest BCUT2D eigenvalue weighted by Gasteiger charge is 2.23. The van der Waals surface area contributed by atoms with Crippen molar-refractivity contribution in [3.8, 4) is 11.5 Å². The lowest BCUT2D eigenvalue weighted by atomic mass is 10.1. The third-order valence-corrected chi connectivity index (χ3v) is 6.43. The molecule has 2 aromatic carbocycles. The van der Waals surface area contributed by atoms with Gasteiger partial charge in [0.25, 0.3) is 5.91 Å². The number of carbonyl (C=O) groups is 1. The Morgan fingerprint density at radius 3 is 2.74 bits per heavy atom. The van der Waals surface area contributed by atoms with Gasteiger partial charge in [-0.15, -0.1) is 0 Å². The summed E-state index contributed by atoms with van der Waals surface area (Å²) >= 11 is 0. The maximum absolute atomic E-state index is 12.9. The molecule has 2 aliphatic heterocycles. The predicted octanol–water partition coefficient (Wildman–Crippen LogP) is 3.82. The number of benzene rings is 2. The number of aryl methyl sites for hydroxylation is 1. The van der Waals surface area contributed by atoms with E-state index in [1.165, 1.54) is 16.5 Å². The highest BCUT2D eigenvalue weighted by Crippen LogP contribution is 2.29. The van der Waals surface area contributed by atoms with E-state index in [0.717, 1.165) is 68.2 Å². The number of methoxy groups -OCH3 is 1. The Hall–Kier alpha value is -2.99. The van der Waals surface area contributed by atoms with Gasteiger partial charge >= 0.3 is 0 Å². The van der Waals surface area contributed by atoms with E-state index < -0.39 is 0 Å². The van der Waals surface area contributed by atoms with Gasteiger partial charge in [-0.05, 0) is 54.8 Å². The molecule has 3 aromatic rings. The molecule has 2 aliphatic rings. The molecule has 0 radical (unpaired) electrons. The van der Waals surface area contributed by atoms with Crippen molar-refractivity contribution in [3.05, 3.63) is 59.3 Å². The van der Waals surface area contributed by atoms with Crippen molar-refractivity contribution in [2.75, 3.05) is 33.4 Å². The minimum absolute atomic E-state index is 0.136. The number of ether oxygens (including phenoxy) is 2. The second-order valence-corrected chi connectivity index (χ2v) is 8.53. The SMILES string of the molecule is COc1ccc2c(c1)c(CN1CCOc3ccc(C(=O)N4CCCC4)cc3C1)cn2C. The summed E-state index contributed by atoms with van der Waals surface area (Å²) in [6, 6.07) is 12.1. The average Bonchev–Trinajstić information content (AvgIpc) is 3.37. The molecule has 0 bridgehead atoms. The van der Waals surface area contributed by atoms with Gasteiger partial charge in [-0.1, -0.05) is 0 Å². The number of hydrogen-bond acceptors (Lipinski definition) is 4. The molecule has 1 saturated heterocycles. The molecular formula is C25H29N3O3. The maximum atomic E-state index is 12.9. The molecule has 0 atom stereocenters. The highest BCUT2D eigenvalue weighted by molar-refractivity contribution is 5.94. The fourth-order valence-corrected chi connectivity index (χ4v) is 4.77. The molecule has 0 aliphatic carbocycles. The van der Waals surface area contributed by atoms with Gasteiger partial charge in [0, 0.05) is 68.0 Å². The molecule has 0 N–H and O–H groups in total. The first-order valence-corrected chi connectivity index (χ1v) is 11.0. The van der Waals surface area contributed by atoms with Gasteiger partial charge in [0.05, 0.1) is 7.11 Å². The van der Waals surface area contributed by atoms with Crippen LogP contribution in [0.5, 0.6) is 11.5 Å². The number of amides is 1. The van der Waals surface area contributed by atoms with Crippen LogP contribution in [0.15, 0.2) is 42.6 Å². The average molecular weight is 420 g/mol. The summed E-state index contributed by atoms with van der Waals surface area (Å²) in [4.78, 5) is 17.2. The van der Waals surface area contributed by atoms with Gasteiger partial charge in [0.1, 0.15) is 18.1 Å². The van der Waals surface area contributed by atoms with Crippen molar-refractivity contribution < 1.29 is 14.3 Å². The smallest absolute Gasteiger partial charge is 0.253 e. The van der Waals surface area contributed by atoms with Crippen molar-refractivity contribution in [3.63, 3.8) is 0 Å². The Morgan fingerprint density at radius 2 is 1.94 bits per heavy atom. The Kier molecular flexibility index (Phi) is 5.32. The second kappa shape index (κ2) is 8.27. The summed E-state index contributed by atoms with van der Waals surface area (Å²) in [6.45, 7) is 4.78. The zero-order valence-corrected chi connectivity index (χ0v) is 18.3. The Labute approximate surface area is 183 Å². The van der Waals surface area contributed by atoms with E-state index in [9.17, 15) is 4.79 Å². The number of aromatic nitrogens is 1. The summed E-state index contributed by atoms with van der Waals surface area (Å²) in [5, 5.41) is 1.21. The minimum atomic E-state index is 0.136. The lowest BCUT2D eigenvalue weighted by molar-refractivity contribution is 0.0792. The third kappa shape index (κ3) is 3.88. The zero-order valence-electron chi connectivity index (χ0n) is 18.3. The summed E-state index contributed by atoms with van der Waals surface area (Å²) < 4.78 is 13.6. The molecule has 31 heavy (non-hydrogen) atoms. The quantitative estimate of drug-likeness (QED) is 0.645. The van der Waals surface area contributed by atoms with Crippen molar-refractivity contribution in [1.82, 2.24) is 14.4 Å². The van der Waals surface area contributed by atoms with Crippen LogP contribution in [0.4, 0.5) is 0 Å². The van der Waals surface area contributed by atoms with E-state index in [4.69, 9.17) is 9.47 Å². The van der Waals surface area contributed by atoms with E-state index in [2.05, 4.69) is 34.8 Å². The Balaban J connectivity index is 1.40. The first-order valence-electron chi connectivity index (χ1n) is 11.0. The number of rotatable bonds is 4. The molecule has 0 spiro atoms. The summed E-state index contributed by atoms with van der Waals surface area (Å²) in [7, 11) is 3.78. The van der Waals surface area contributed by atoms with Gasteiger partial charge < -0.3 is 18.9 Å². The van der Waals surface area contributed by atoms with Gasteiger partial charge in [-0.25, -0.2) is 0 Å². The summed E-state index contributed by atoms with van der Waals surface area (Å²) in [5.74, 6) is 1.90. The minimum Gasteiger partial charge on any atom is -0.497 e. The molecule has 1 fully saturated rings. The molecule has 0 unspecified atom stereocenters. The van der Waals surface area contributed by atoms with Crippen LogP contribution >= 0.6 is 0 Å². The molecule has 1 amide bonds. The molecule has 6 nitrogen and oxygen atoms in total. The highest BCUT2D eigenvalue weighted by atomic mass is 16.5. The van der Waals surface area contributed by atoms with Crippen LogP contribution in [-0.4, -0.2) is 53.6 Å². The molecule has 1 aromatic heterocycles. The Bertz CT molecular complexity index is 1110. The van der Waals surface area contributed by atoms with Gasteiger partial charge in [-0.2, -0.15) is 0 Å². The zero-order chi connectivity index (χ0) is 21.4. The molecule has 162 valence electrons. The predicted molar refractivity (Wildman–Crippen MR) is 121 cm³/mol. The van der Waals surface area contributed by atoms with Crippen LogP contribution in [0.3, 0.4) is 0 Å². The largest absolute Gasteiger partial charge is 0.497 e. The number of likely N-dealkylation sites (tertiary alicyclic amines) is 1. The normalized spacial score (nSPS) is 16.8. The number of carbonyl (C=O) groups excluding carboxylic acids is 1. The van der Waals surface area contributed by atoms with E-state index in [0.29, 0.717) is 6.61 Å². The third-order valence-electron chi connectivity index (χ3n) is 6.43. The van der Waals surface area contributed by atoms with Crippen LogP contribution in [0.1, 0.15) is 34.3 Å². The van der Waals surface area contributed by atoms with E-state index in [1.807, 2.05) is 29.2 Å². The fraction of sp³-hybridized carbons (Fsp3) is 0.400. The first kappa shape index (κ1) is 19.9. The van der Waals surface area contributed by atoms with E-state index in [-0.39, 0.29) is 5.91 Å². The summed E-state index contributed by atoms with van der Waals surface area (Å²) in [5.41, 5.74) is 4.31. The lowest BCUT2D eigenvalue weighted by Crippen LogP contribution is -2.28. The van der Waals surface area contributed by atoms with Gasteiger partial charge in [0.15, 0.2) is 0 Å². The monoisotopic (exact) mass is 419 g/mol. The Morgan fingerprint density at radius 1 is 1.10 bits per heavy atom. The fourth-order valence-electron chi connectivity index (χ4n) is 4.77. The van der Waals surface area contributed by atoms with Crippen molar-refractivity contribution in [1.29, 1.82) is 0 Å². The van der Waals surface area contributed by atoms with E-state index >= 15 is 0 Å². The molecule has 3 heterocycles. The van der Waals surface area contributed by atoms with Crippen LogP contribution in [0.2, 0.25) is 0 Å². The molecule has 0 saturated carbocycles. The standard InChI is InChI=1S/C25H29N3O3/c1-26-15-20(22-14-21(30-2)6-7-23(22)26)17-27-11-12-31-24-8-5-18(13-19(24)16-27)25(29)28-9-3-4-10-28/h5-8,13-15H,3-4,9-12,16-17H2,1-2H3. The van der Waals surface area contributed by atoms with Gasteiger partial charge in [0.2, 0.25) is 0 Å². The number of nitrogens with zero attached hydrogens (tertiary/aromatic N) is 3. The van der Waals surface area contributed by atoms with E-state index in [1.54, 1.807) is 7.11 Å². The van der Waals surface area contributed by atoms with Crippen LogP contribution in [0.25, 0.3) is 10.9 Å². The summed E-state index contributed by atoms with van der Waals surface area (Å²) in [6.07, 6.45) is 4.40. The van der Waals surface area contributed by atoms with Crippen LogP contribution < -0.4 is 9.47 Å². The topological polar surface area (TPSA) is 46.9 Å². The maximum Gasteiger partial charge on any atom is 0.253 e. The van der Waals surface area contributed by atoms with Crippen molar-refractivity contribution in [2.24, 2.45) is 7.05 Å². The molecule has 5 rings (SSSR count). The first-order chi connectivity index (χ1) is 15.1.